The number of aromatic nitrogens is 2. The lowest BCUT2D eigenvalue weighted by atomic mass is 10.2. The normalized spacial score (nSPS) is 12.1. The molecule has 0 atom stereocenters. The van der Waals surface area contributed by atoms with E-state index in [2.05, 4.69) is 5.32 Å². The molecule has 0 spiro atoms. The second-order valence-electron chi connectivity index (χ2n) is 6.77. The van der Waals surface area contributed by atoms with Crippen molar-refractivity contribution >= 4 is 10.0 Å². The van der Waals surface area contributed by atoms with E-state index in [1.54, 1.807) is 38.4 Å². The summed E-state index contributed by atoms with van der Waals surface area (Å²) < 4.78 is 28.7. The van der Waals surface area contributed by atoms with Crippen LogP contribution in [0.2, 0.25) is 0 Å². The van der Waals surface area contributed by atoms with Crippen molar-refractivity contribution < 1.29 is 8.42 Å². The molecule has 8 nitrogen and oxygen atoms in total. The molecule has 1 heterocycles. The number of hydrogen-bond donors (Lipinski definition) is 1. The largest absolute Gasteiger partial charge is 0.330 e. The average Bonchev–Trinajstić information content (AvgIpc) is 2.63. The van der Waals surface area contributed by atoms with Crippen LogP contribution in [-0.2, 0) is 37.2 Å². The number of benzene rings is 1. The van der Waals surface area contributed by atoms with Gasteiger partial charge in [0.15, 0.2) is 0 Å². The van der Waals surface area contributed by atoms with E-state index in [1.807, 2.05) is 13.8 Å². The van der Waals surface area contributed by atoms with Crippen molar-refractivity contribution in [2.75, 3.05) is 7.05 Å². The lowest BCUT2D eigenvalue weighted by molar-refractivity contribution is 0.410. The Labute approximate surface area is 159 Å². The van der Waals surface area contributed by atoms with Gasteiger partial charge in [-0.2, -0.15) is 4.31 Å². The zero-order valence-corrected chi connectivity index (χ0v) is 17.1. The van der Waals surface area contributed by atoms with Crippen LogP contribution in [0.1, 0.15) is 25.0 Å². The summed E-state index contributed by atoms with van der Waals surface area (Å²) in [4.78, 5) is 24.0. The summed E-state index contributed by atoms with van der Waals surface area (Å²) in [6, 6.07) is 6.52. The van der Waals surface area contributed by atoms with Gasteiger partial charge in [0.2, 0.25) is 10.0 Å². The van der Waals surface area contributed by atoms with Crippen LogP contribution in [0.15, 0.2) is 44.9 Å². The highest BCUT2D eigenvalue weighted by Gasteiger charge is 2.22. The number of nitrogens with zero attached hydrogens (tertiary/aromatic N) is 3. The number of nitrogens with one attached hydrogen (secondary N) is 1. The van der Waals surface area contributed by atoms with Gasteiger partial charge in [-0.3, -0.25) is 9.36 Å². The van der Waals surface area contributed by atoms with Crippen LogP contribution < -0.4 is 16.6 Å². The Morgan fingerprint density at radius 2 is 1.67 bits per heavy atom. The lowest BCUT2D eigenvalue weighted by Crippen LogP contribution is -2.39. The van der Waals surface area contributed by atoms with Gasteiger partial charge >= 0.3 is 5.69 Å². The molecule has 1 aromatic heterocycles. The number of hydrogen-bond acceptors (Lipinski definition) is 5. The minimum absolute atomic E-state index is 0.124. The van der Waals surface area contributed by atoms with Gasteiger partial charge in [-0.05, 0) is 31.5 Å². The van der Waals surface area contributed by atoms with Crippen LogP contribution in [0.3, 0.4) is 0 Å². The van der Waals surface area contributed by atoms with Gasteiger partial charge in [-0.15, -0.1) is 0 Å². The monoisotopic (exact) mass is 394 g/mol. The molecule has 0 bridgehead atoms. The average molecular weight is 394 g/mol. The van der Waals surface area contributed by atoms with Crippen molar-refractivity contribution in [3.05, 3.63) is 62.4 Å². The highest BCUT2D eigenvalue weighted by molar-refractivity contribution is 7.89. The van der Waals surface area contributed by atoms with Crippen molar-refractivity contribution in [3.8, 4) is 0 Å². The first-order valence-corrected chi connectivity index (χ1v) is 10.0. The number of aryl methyl sites for hydroxylation is 1. The molecule has 0 fully saturated rings. The Morgan fingerprint density at radius 1 is 1.07 bits per heavy atom. The summed E-state index contributed by atoms with van der Waals surface area (Å²) in [7, 11) is 1.10. The van der Waals surface area contributed by atoms with Crippen molar-refractivity contribution in [1.29, 1.82) is 0 Å². The fraction of sp³-hybridized carbons (Fsp3) is 0.444. The van der Waals surface area contributed by atoms with Crippen LogP contribution in [0.5, 0.6) is 0 Å². The quantitative estimate of drug-likeness (QED) is 0.734. The molecule has 1 N–H and O–H groups in total. The first kappa shape index (κ1) is 21.1. The van der Waals surface area contributed by atoms with Gasteiger partial charge in [0.1, 0.15) is 0 Å². The summed E-state index contributed by atoms with van der Waals surface area (Å²) in [6.07, 6.45) is 1.52. The number of sulfonamides is 1. The van der Waals surface area contributed by atoms with Gasteiger partial charge in [-0.25, -0.2) is 13.2 Å². The Hall–Kier alpha value is -2.23. The molecule has 27 heavy (non-hydrogen) atoms. The molecule has 0 radical (unpaired) electrons. The predicted octanol–water partition coefficient (Wildman–Crippen LogP) is 0.403. The van der Waals surface area contributed by atoms with E-state index in [0.717, 1.165) is 10.1 Å². The van der Waals surface area contributed by atoms with Gasteiger partial charge < -0.3 is 9.88 Å². The van der Waals surface area contributed by atoms with Crippen LogP contribution in [-0.4, -0.2) is 34.9 Å². The second-order valence-corrected chi connectivity index (χ2v) is 8.77. The van der Waals surface area contributed by atoms with E-state index >= 15 is 0 Å². The molecule has 9 heteroatoms. The van der Waals surface area contributed by atoms with E-state index in [0.29, 0.717) is 18.7 Å². The molecule has 2 rings (SSSR count). The van der Waals surface area contributed by atoms with E-state index in [4.69, 9.17) is 0 Å². The summed E-state index contributed by atoms with van der Waals surface area (Å²) in [5.41, 5.74) is 0.677. The highest BCUT2D eigenvalue weighted by atomic mass is 32.2. The Morgan fingerprint density at radius 3 is 2.22 bits per heavy atom. The third kappa shape index (κ3) is 4.55. The minimum Gasteiger partial charge on any atom is -0.308 e. The van der Waals surface area contributed by atoms with Crippen LogP contribution in [0.25, 0.3) is 0 Å². The topological polar surface area (TPSA) is 93.4 Å². The fourth-order valence-electron chi connectivity index (χ4n) is 2.57. The fourth-order valence-corrected chi connectivity index (χ4v) is 3.94. The maximum Gasteiger partial charge on any atom is 0.330 e. The molecule has 0 saturated carbocycles. The standard InChI is InChI=1S/C18H26N4O4S/c1-13(2)22(5)27(25,26)16-8-6-14(7-9-16)10-19-11-15-12-20(3)18(24)21(4)17(15)23/h6-9,12-13,19H,10-11H2,1-5H3. The summed E-state index contributed by atoms with van der Waals surface area (Å²) in [5, 5.41) is 3.14. The van der Waals surface area contributed by atoms with E-state index < -0.39 is 10.0 Å². The summed E-state index contributed by atoms with van der Waals surface area (Å²) in [6.45, 7) is 4.41. The zero-order valence-electron chi connectivity index (χ0n) is 16.3. The lowest BCUT2D eigenvalue weighted by Gasteiger charge is -2.21. The van der Waals surface area contributed by atoms with Crippen molar-refractivity contribution in [1.82, 2.24) is 18.8 Å². The number of rotatable bonds is 7. The van der Waals surface area contributed by atoms with E-state index in [-0.39, 0.29) is 22.2 Å². The summed E-state index contributed by atoms with van der Waals surface area (Å²) in [5.74, 6) is 0. The molecule has 1 aromatic carbocycles. The predicted molar refractivity (Wildman–Crippen MR) is 104 cm³/mol. The zero-order chi connectivity index (χ0) is 20.4. The first-order valence-electron chi connectivity index (χ1n) is 8.59. The van der Waals surface area contributed by atoms with E-state index in [9.17, 15) is 18.0 Å². The first-order chi connectivity index (χ1) is 12.6. The molecule has 0 unspecified atom stereocenters. The third-order valence-corrected chi connectivity index (χ3v) is 6.54. The molecule has 2 aromatic rings. The Kier molecular flexibility index (Phi) is 6.40. The molecule has 0 aliphatic carbocycles. The molecular formula is C18H26N4O4S. The van der Waals surface area contributed by atoms with E-state index in [1.165, 1.54) is 22.1 Å². The van der Waals surface area contributed by atoms with Crippen molar-refractivity contribution in [2.45, 2.75) is 37.9 Å². The van der Waals surface area contributed by atoms with Gasteiger partial charge in [-0.1, -0.05) is 12.1 Å². The van der Waals surface area contributed by atoms with Crippen LogP contribution in [0, 0.1) is 0 Å². The minimum atomic E-state index is -3.50. The third-order valence-electron chi connectivity index (χ3n) is 4.49. The molecule has 0 aliphatic heterocycles. The molecular weight excluding hydrogens is 368 g/mol. The van der Waals surface area contributed by atoms with Crippen molar-refractivity contribution in [3.63, 3.8) is 0 Å². The smallest absolute Gasteiger partial charge is 0.308 e. The highest BCUT2D eigenvalue weighted by Crippen LogP contribution is 2.17. The summed E-state index contributed by atoms with van der Waals surface area (Å²) >= 11 is 0. The van der Waals surface area contributed by atoms with Gasteiger partial charge in [0.05, 0.1) is 4.90 Å². The molecule has 0 amide bonds. The van der Waals surface area contributed by atoms with Crippen LogP contribution in [0.4, 0.5) is 0 Å². The molecule has 148 valence electrons. The SMILES string of the molecule is CC(C)N(C)S(=O)(=O)c1ccc(CNCc2cn(C)c(=O)n(C)c2=O)cc1. The van der Waals surface area contributed by atoms with Gasteiger partial charge in [0.25, 0.3) is 5.56 Å². The van der Waals surface area contributed by atoms with Crippen LogP contribution >= 0.6 is 0 Å². The maximum atomic E-state index is 12.5. The molecule has 0 saturated heterocycles. The second kappa shape index (κ2) is 8.20. The Bertz CT molecular complexity index is 1020. The van der Waals surface area contributed by atoms with Gasteiger partial charge in [0, 0.05) is 52.0 Å². The van der Waals surface area contributed by atoms with Crippen molar-refractivity contribution in [2.24, 2.45) is 14.1 Å². The maximum absolute atomic E-state index is 12.5. The Balaban J connectivity index is 2.07. The molecule has 0 aliphatic rings.